The Morgan fingerprint density at radius 2 is 2.29 bits per heavy atom. The van der Waals surface area contributed by atoms with Crippen molar-refractivity contribution in [2.24, 2.45) is 0 Å². The smallest absolute Gasteiger partial charge is 0.226 e. The van der Waals surface area contributed by atoms with Gasteiger partial charge in [0.1, 0.15) is 12.1 Å². The normalized spacial score (nSPS) is 19.8. The Balaban J connectivity index is 1.73. The van der Waals surface area contributed by atoms with E-state index < -0.39 is 0 Å². The number of nitrogens with zero attached hydrogens (tertiary/aromatic N) is 2. The van der Waals surface area contributed by atoms with E-state index in [-0.39, 0.29) is 18.5 Å². The number of aliphatic hydroxyl groups is 1. The Labute approximate surface area is 123 Å². The highest BCUT2D eigenvalue weighted by molar-refractivity contribution is 5.52. The van der Waals surface area contributed by atoms with Crippen molar-refractivity contribution in [1.82, 2.24) is 9.88 Å². The van der Waals surface area contributed by atoms with E-state index in [1.807, 2.05) is 0 Å². The third kappa shape index (κ3) is 3.31. The van der Waals surface area contributed by atoms with Crippen LogP contribution in [0, 0.1) is 5.82 Å². The molecule has 1 N–H and O–H groups in total. The molecule has 0 amide bonds. The van der Waals surface area contributed by atoms with Crippen LogP contribution < -0.4 is 0 Å². The van der Waals surface area contributed by atoms with Gasteiger partial charge in [0.15, 0.2) is 0 Å². The van der Waals surface area contributed by atoms with E-state index in [2.05, 4.69) is 9.88 Å². The maximum atomic E-state index is 13.2. The molecule has 1 atom stereocenters. The highest BCUT2D eigenvalue weighted by Crippen LogP contribution is 2.22. The topological polar surface area (TPSA) is 49.5 Å². The lowest BCUT2D eigenvalue weighted by molar-refractivity contribution is 0.0830. The van der Waals surface area contributed by atoms with Crippen molar-refractivity contribution in [2.45, 2.75) is 31.8 Å². The largest absolute Gasteiger partial charge is 0.444 e. The van der Waals surface area contributed by atoms with E-state index in [1.54, 1.807) is 18.4 Å². The van der Waals surface area contributed by atoms with E-state index in [4.69, 9.17) is 4.42 Å². The molecule has 0 unspecified atom stereocenters. The SMILES string of the molecule is OC[C@H]1CCCCN1Cc1coc(-c2cccc(F)c2)n1. The molecule has 112 valence electrons. The lowest BCUT2D eigenvalue weighted by Crippen LogP contribution is -2.41. The third-order valence-corrected chi connectivity index (χ3v) is 3.95. The molecule has 1 aromatic heterocycles. The average Bonchev–Trinajstić information content (AvgIpc) is 2.96. The molecule has 0 aliphatic carbocycles. The molecule has 21 heavy (non-hydrogen) atoms. The average molecular weight is 290 g/mol. The summed E-state index contributed by atoms with van der Waals surface area (Å²) in [5.41, 5.74) is 1.45. The zero-order chi connectivity index (χ0) is 14.7. The maximum Gasteiger partial charge on any atom is 0.226 e. The molecule has 1 saturated heterocycles. The van der Waals surface area contributed by atoms with Crippen LogP contribution in [0.15, 0.2) is 34.9 Å². The molecule has 0 radical (unpaired) electrons. The molecule has 1 fully saturated rings. The van der Waals surface area contributed by atoms with Crippen LogP contribution in [0.1, 0.15) is 25.0 Å². The van der Waals surface area contributed by atoms with Crippen LogP contribution in [0.4, 0.5) is 4.39 Å². The Bertz CT molecular complexity index is 599. The van der Waals surface area contributed by atoms with E-state index >= 15 is 0 Å². The Morgan fingerprint density at radius 1 is 1.38 bits per heavy atom. The summed E-state index contributed by atoms with van der Waals surface area (Å²) in [5.74, 6) is 0.130. The van der Waals surface area contributed by atoms with E-state index in [1.165, 1.54) is 12.1 Å². The van der Waals surface area contributed by atoms with Crippen LogP contribution in [0.5, 0.6) is 0 Å². The number of rotatable bonds is 4. The van der Waals surface area contributed by atoms with Crippen LogP contribution in [0.25, 0.3) is 11.5 Å². The molecule has 3 rings (SSSR count). The predicted octanol–water partition coefficient (Wildman–Crippen LogP) is 2.83. The minimum atomic E-state index is -0.302. The summed E-state index contributed by atoms with van der Waals surface area (Å²) < 4.78 is 18.7. The second-order valence-corrected chi connectivity index (χ2v) is 5.46. The number of benzene rings is 1. The van der Waals surface area contributed by atoms with E-state index in [0.29, 0.717) is 18.0 Å². The Kier molecular flexibility index (Phi) is 4.31. The summed E-state index contributed by atoms with van der Waals surface area (Å²) in [6.07, 6.45) is 4.94. The summed E-state index contributed by atoms with van der Waals surface area (Å²) in [7, 11) is 0. The van der Waals surface area contributed by atoms with Crippen molar-refractivity contribution in [3.8, 4) is 11.5 Å². The highest BCUT2D eigenvalue weighted by atomic mass is 19.1. The van der Waals surface area contributed by atoms with Crippen molar-refractivity contribution < 1.29 is 13.9 Å². The van der Waals surface area contributed by atoms with Crippen molar-refractivity contribution in [1.29, 1.82) is 0 Å². The van der Waals surface area contributed by atoms with Crippen molar-refractivity contribution >= 4 is 0 Å². The maximum absolute atomic E-state index is 13.2. The molecule has 0 bridgehead atoms. The van der Waals surface area contributed by atoms with Crippen molar-refractivity contribution in [3.05, 3.63) is 42.0 Å². The minimum absolute atomic E-state index is 0.175. The predicted molar refractivity (Wildman–Crippen MR) is 77.0 cm³/mol. The molecule has 5 heteroatoms. The number of likely N-dealkylation sites (tertiary alicyclic amines) is 1. The fraction of sp³-hybridized carbons (Fsp3) is 0.438. The van der Waals surface area contributed by atoms with E-state index in [0.717, 1.165) is 31.5 Å². The zero-order valence-corrected chi connectivity index (χ0v) is 11.8. The zero-order valence-electron chi connectivity index (χ0n) is 11.8. The fourth-order valence-electron chi connectivity index (χ4n) is 2.82. The standard InChI is InChI=1S/C16H19FN2O2/c17-13-5-3-4-12(8-13)16-18-14(11-21-16)9-19-7-2-1-6-15(19)10-20/h3-5,8,11,15,20H,1-2,6-7,9-10H2/t15-/m1/s1. The van der Waals surface area contributed by atoms with Gasteiger partial charge in [-0.1, -0.05) is 12.5 Å². The van der Waals surface area contributed by atoms with Crippen LogP contribution in [0.3, 0.4) is 0 Å². The molecule has 4 nitrogen and oxygen atoms in total. The molecular weight excluding hydrogens is 271 g/mol. The first-order valence-corrected chi connectivity index (χ1v) is 7.31. The summed E-state index contributed by atoms with van der Waals surface area (Å²) >= 11 is 0. The number of aliphatic hydroxyl groups excluding tert-OH is 1. The van der Waals surface area contributed by atoms with Gasteiger partial charge in [-0.3, -0.25) is 4.90 Å². The van der Waals surface area contributed by atoms with Gasteiger partial charge < -0.3 is 9.52 Å². The van der Waals surface area contributed by atoms with Gasteiger partial charge in [0, 0.05) is 18.2 Å². The molecule has 2 aromatic rings. The van der Waals surface area contributed by atoms with Crippen LogP contribution >= 0.6 is 0 Å². The van der Waals surface area contributed by atoms with Crippen LogP contribution in [0.2, 0.25) is 0 Å². The second kappa shape index (κ2) is 6.37. The molecule has 1 aliphatic rings. The number of piperidine rings is 1. The van der Waals surface area contributed by atoms with Gasteiger partial charge in [-0.25, -0.2) is 9.37 Å². The summed E-state index contributed by atoms with van der Waals surface area (Å²) in [6.45, 7) is 1.80. The summed E-state index contributed by atoms with van der Waals surface area (Å²) in [5, 5.41) is 9.43. The number of oxazole rings is 1. The van der Waals surface area contributed by atoms with Crippen molar-refractivity contribution in [2.75, 3.05) is 13.2 Å². The van der Waals surface area contributed by atoms with Crippen LogP contribution in [-0.2, 0) is 6.54 Å². The Hall–Kier alpha value is -1.72. The summed E-state index contributed by atoms with van der Waals surface area (Å²) in [4.78, 5) is 6.66. The molecule has 1 aromatic carbocycles. The van der Waals surface area contributed by atoms with E-state index in [9.17, 15) is 9.50 Å². The van der Waals surface area contributed by atoms with Crippen molar-refractivity contribution in [3.63, 3.8) is 0 Å². The molecular formula is C16H19FN2O2. The monoisotopic (exact) mass is 290 g/mol. The first-order valence-electron chi connectivity index (χ1n) is 7.31. The third-order valence-electron chi connectivity index (χ3n) is 3.95. The van der Waals surface area contributed by atoms with Crippen LogP contribution in [-0.4, -0.2) is 34.2 Å². The van der Waals surface area contributed by atoms with Gasteiger partial charge in [-0.05, 0) is 37.6 Å². The molecule has 0 saturated carbocycles. The minimum Gasteiger partial charge on any atom is -0.444 e. The van der Waals surface area contributed by atoms with Gasteiger partial charge in [0.2, 0.25) is 5.89 Å². The summed E-state index contributed by atoms with van der Waals surface area (Å²) in [6, 6.07) is 6.42. The number of aromatic nitrogens is 1. The number of hydrogen-bond donors (Lipinski definition) is 1. The van der Waals surface area contributed by atoms with Gasteiger partial charge in [0.05, 0.1) is 12.3 Å². The second-order valence-electron chi connectivity index (χ2n) is 5.46. The fourth-order valence-corrected chi connectivity index (χ4v) is 2.82. The lowest BCUT2D eigenvalue weighted by Gasteiger charge is -2.33. The molecule has 0 spiro atoms. The number of hydrogen-bond acceptors (Lipinski definition) is 4. The lowest BCUT2D eigenvalue weighted by atomic mass is 10.0. The molecule has 1 aliphatic heterocycles. The first-order chi connectivity index (χ1) is 10.3. The first kappa shape index (κ1) is 14.2. The molecule has 2 heterocycles. The Morgan fingerprint density at radius 3 is 3.10 bits per heavy atom. The van der Waals surface area contributed by atoms with Gasteiger partial charge in [0.25, 0.3) is 0 Å². The van der Waals surface area contributed by atoms with Gasteiger partial charge in [-0.2, -0.15) is 0 Å². The van der Waals surface area contributed by atoms with Gasteiger partial charge >= 0.3 is 0 Å². The quantitative estimate of drug-likeness (QED) is 0.940. The highest BCUT2D eigenvalue weighted by Gasteiger charge is 2.22. The number of halogens is 1. The van der Waals surface area contributed by atoms with Gasteiger partial charge in [-0.15, -0.1) is 0 Å².